The summed E-state index contributed by atoms with van der Waals surface area (Å²) in [5, 5.41) is 8.70. The number of hydrogen-bond donors (Lipinski definition) is 3. The largest absolute Gasteiger partial charge is 0.479 e. The molecule has 3 nitrogen and oxygen atoms in total. The molecule has 4 heteroatoms. The number of aliphatic carboxylic acids is 1. The van der Waals surface area contributed by atoms with Crippen molar-refractivity contribution < 1.29 is 9.90 Å². The highest BCUT2D eigenvalue weighted by atomic mass is 32.1. The second kappa shape index (κ2) is 3.81. The van der Waals surface area contributed by atoms with Crippen LogP contribution >= 0.6 is 12.6 Å². The molecule has 0 aliphatic carbocycles. The molecule has 13 heavy (non-hydrogen) atoms. The molecule has 0 radical (unpaired) electrons. The minimum absolute atomic E-state index is 0.215. The highest BCUT2D eigenvalue weighted by Gasteiger charge is 2.29. The normalized spacial score (nSPS) is 14.9. The maximum Gasteiger partial charge on any atom is 0.334 e. The van der Waals surface area contributed by atoms with E-state index in [0.717, 1.165) is 5.56 Å². The smallest absolute Gasteiger partial charge is 0.334 e. The van der Waals surface area contributed by atoms with Crippen molar-refractivity contribution in [1.29, 1.82) is 0 Å². The van der Waals surface area contributed by atoms with Crippen molar-refractivity contribution in [3.63, 3.8) is 0 Å². The van der Waals surface area contributed by atoms with E-state index < -0.39 is 10.8 Å². The molecule has 0 aliphatic rings. The van der Waals surface area contributed by atoms with E-state index in [0.29, 0.717) is 0 Å². The first kappa shape index (κ1) is 10.1. The van der Waals surface area contributed by atoms with Crippen LogP contribution in [0.1, 0.15) is 5.56 Å². The van der Waals surface area contributed by atoms with E-state index in [1.54, 1.807) is 0 Å². The van der Waals surface area contributed by atoms with Gasteiger partial charge < -0.3 is 10.8 Å². The molecule has 1 unspecified atom stereocenters. The van der Waals surface area contributed by atoms with E-state index in [4.69, 9.17) is 10.8 Å². The van der Waals surface area contributed by atoms with Crippen molar-refractivity contribution in [3.05, 3.63) is 35.9 Å². The van der Waals surface area contributed by atoms with Gasteiger partial charge in [0.15, 0.2) is 4.87 Å². The van der Waals surface area contributed by atoms with Gasteiger partial charge in [-0.05, 0) is 5.56 Å². The minimum atomic E-state index is -1.48. The summed E-state index contributed by atoms with van der Waals surface area (Å²) in [6.45, 7) is 0. The van der Waals surface area contributed by atoms with Crippen LogP contribution in [-0.2, 0) is 11.2 Å². The second-order valence-electron chi connectivity index (χ2n) is 2.89. The van der Waals surface area contributed by atoms with Gasteiger partial charge in [-0.3, -0.25) is 0 Å². The molecule has 0 heterocycles. The third kappa shape index (κ3) is 2.75. The summed E-state index contributed by atoms with van der Waals surface area (Å²) < 4.78 is 0. The summed E-state index contributed by atoms with van der Waals surface area (Å²) in [6, 6.07) is 9.17. The lowest BCUT2D eigenvalue weighted by Crippen LogP contribution is -2.44. The lowest BCUT2D eigenvalue weighted by molar-refractivity contribution is -0.139. The van der Waals surface area contributed by atoms with E-state index in [-0.39, 0.29) is 6.42 Å². The average molecular weight is 197 g/mol. The molecule has 1 atom stereocenters. The highest BCUT2D eigenvalue weighted by molar-refractivity contribution is 7.82. The van der Waals surface area contributed by atoms with Gasteiger partial charge in [0.25, 0.3) is 0 Å². The second-order valence-corrected chi connectivity index (χ2v) is 3.69. The predicted molar refractivity (Wildman–Crippen MR) is 53.7 cm³/mol. The molecule has 0 saturated heterocycles. The summed E-state index contributed by atoms with van der Waals surface area (Å²) in [4.78, 5) is 9.14. The van der Waals surface area contributed by atoms with E-state index in [2.05, 4.69) is 12.6 Å². The number of nitrogens with two attached hydrogens (primary N) is 1. The third-order valence-corrected chi connectivity index (χ3v) is 2.04. The molecule has 1 aromatic rings. The van der Waals surface area contributed by atoms with E-state index in [1.165, 1.54) is 0 Å². The van der Waals surface area contributed by atoms with Crippen LogP contribution in [0.5, 0.6) is 0 Å². The molecule has 1 aromatic carbocycles. The van der Waals surface area contributed by atoms with Crippen LogP contribution in [0, 0.1) is 0 Å². The van der Waals surface area contributed by atoms with Crippen molar-refractivity contribution in [1.82, 2.24) is 0 Å². The lowest BCUT2D eigenvalue weighted by atomic mass is 10.1. The van der Waals surface area contributed by atoms with E-state index in [9.17, 15) is 4.79 Å². The highest BCUT2D eigenvalue weighted by Crippen LogP contribution is 2.14. The summed E-state index contributed by atoms with van der Waals surface area (Å²) in [6.07, 6.45) is 0.215. The van der Waals surface area contributed by atoms with Crippen LogP contribution in [0.2, 0.25) is 0 Å². The first-order chi connectivity index (χ1) is 6.02. The maximum absolute atomic E-state index is 10.6. The number of carboxylic acids is 1. The molecule has 0 spiro atoms. The van der Waals surface area contributed by atoms with Gasteiger partial charge in [-0.15, -0.1) is 12.6 Å². The summed E-state index contributed by atoms with van der Waals surface area (Å²) in [5.41, 5.74) is 6.32. The van der Waals surface area contributed by atoms with Gasteiger partial charge in [0.1, 0.15) is 0 Å². The maximum atomic E-state index is 10.6. The Balaban J connectivity index is 2.75. The minimum Gasteiger partial charge on any atom is -0.479 e. The summed E-state index contributed by atoms with van der Waals surface area (Å²) in [7, 11) is 0. The molecule has 0 aromatic heterocycles. The van der Waals surface area contributed by atoms with Crippen LogP contribution in [0.4, 0.5) is 0 Å². The topological polar surface area (TPSA) is 63.3 Å². The van der Waals surface area contributed by atoms with Crippen LogP contribution < -0.4 is 5.73 Å². The van der Waals surface area contributed by atoms with Gasteiger partial charge in [0.05, 0.1) is 0 Å². The fourth-order valence-electron chi connectivity index (χ4n) is 0.983. The van der Waals surface area contributed by atoms with Crippen molar-refractivity contribution in [2.24, 2.45) is 5.73 Å². The zero-order valence-electron chi connectivity index (χ0n) is 6.97. The van der Waals surface area contributed by atoms with Gasteiger partial charge in [-0.2, -0.15) is 0 Å². The predicted octanol–water partition coefficient (Wildman–Crippen LogP) is 0.899. The van der Waals surface area contributed by atoms with Crippen LogP contribution in [0.15, 0.2) is 30.3 Å². The Kier molecular flexibility index (Phi) is 2.95. The van der Waals surface area contributed by atoms with Gasteiger partial charge in [-0.1, -0.05) is 30.3 Å². The molecule has 0 bridgehead atoms. The third-order valence-electron chi connectivity index (χ3n) is 1.69. The first-order valence-electron chi connectivity index (χ1n) is 3.81. The molecule has 70 valence electrons. The Morgan fingerprint density at radius 2 is 2.00 bits per heavy atom. The summed E-state index contributed by atoms with van der Waals surface area (Å²) in [5.74, 6) is -1.11. The van der Waals surface area contributed by atoms with Gasteiger partial charge in [0.2, 0.25) is 0 Å². The van der Waals surface area contributed by atoms with Gasteiger partial charge in [0, 0.05) is 6.42 Å². The zero-order chi connectivity index (χ0) is 9.90. The van der Waals surface area contributed by atoms with Crippen LogP contribution in [0.25, 0.3) is 0 Å². The number of rotatable bonds is 3. The molecule has 0 saturated carbocycles. The number of thiol groups is 1. The Morgan fingerprint density at radius 3 is 2.46 bits per heavy atom. The molecule has 1 rings (SSSR count). The van der Waals surface area contributed by atoms with Crippen molar-refractivity contribution in [2.45, 2.75) is 11.3 Å². The molecule has 3 N–H and O–H groups in total. The number of carbonyl (C=O) groups is 1. The standard InChI is InChI=1S/C9H11NO2S/c10-9(13,8(11)12)6-7-4-2-1-3-5-7/h1-5,13H,6,10H2,(H,11,12). The number of hydrogen-bond acceptors (Lipinski definition) is 3. The number of carboxylic acid groups (broad SMARTS) is 1. The van der Waals surface area contributed by atoms with Crippen LogP contribution in [-0.4, -0.2) is 15.9 Å². The number of benzene rings is 1. The van der Waals surface area contributed by atoms with Crippen LogP contribution in [0.3, 0.4) is 0 Å². The molecule has 0 aliphatic heterocycles. The quantitative estimate of drug-likeness (QED) is 0.498. The zero-order valence-corrected chi connectivity index (χ0v) is 7.87. The SMILES string of the molecule is NC(S)(Cc1ccccc1)C(=O)O. The van der Waals surface area contributed by atoms with Crippen molar-refractivity contribution in [3.8, 4) is 0 Å². The summed E-state index contributed by atoms with van der Waals surface area (Å²) >= 11 is 3.87. The fraction of sp³-hybridized carbons (Fsp3) is 0.222. The molecule has 0 amide bonds. The van der Waals surface area contributed by atoms with E-state index >= 15 is 0 Å². The molecular weight excluding hydrogens is 186 g/mol. The van der Waals surface area contributed by atoms with Crippen molar-refractivity contribution in [2.75, 3.05) is 0 Å². The average Bonchev–Trinajstić information content (AvgIpc) is 2.05. The first-order valence-corrected chi connectivity index (χ1v) is 4.26. The molecule has 0 fully saturated rings. The molecular formula is C9H11NO2S. The Bertz CT molecular complexity index is 298. The van der Waals surface area contributed by atoms with Gasteiger partial charge >= 0.3 is 5.97 Å². The fourth-order valence-corrected chi connectivity index (χ4v) is 1.17. The Labute approximate surface area is 82.0 Å². The monoisotopic (exact) mass is 197 g/mol. The van der Waals surface area contributed by atoms with E-state index in [1.807, 2.05) is 30.3 Å². The van der Waals surface area contributed by atoms with Gasteiger partial charge in [-0.25, -0.2) is 4.79 Å². The Morgan fingerprint density at radius 1 is 1.46 bits per heavy atom. The Hall–Kier alpha value is -1.00. The lowest BCUT2D eigenvalue weighted by Gasteiger charge is -2.17. The van der Waals surface area contributed by atoms with Crippen molar-refractivity contribution >= 4 is 18.6 Å².